The lowest BCUT2D eigenvalue weighted by Crippen LogP contribution is -2.43. The zero-order valence-electron chi connectivity index (χ0n) is 13.1. The summed E-state index contributed by atoms with van der Waals surface area (Å²) in [6.45, 7) is 0.702. The van der Waals surface area contributed by atoms with E-state index in [-0.39, 0.29) is 24.3 Å². The van der Waals surface area contributed by atoms with E-state index in [1.54, 1.807) is 4.68 Å². The summed E-state index contributed by atoms with van der Waals surface area (Å²) in [5, 5.41) is 8.42. The van der Waals surface area contributed by atoms with Gasteiger partial charge in [0.2, 0.25) is 10.0 Å². The zero-order valence-corrected chi connectivity index (χ0v) is 13.9. The van der Waals surface area contributed by atoms with Crippen LogP contribution in [-0.2, 0) is 19.5 Å². The molecule has 1 aromatic carbocycles. The first-order valence-corrected chi connectivity index (χ1v) is 9.58. The molecule has 3 heterocycles. The predicted octanol–water partition coefficient (Wildman–Crippen LogP) is 0.202. The molecule has 8 nitrogen and oxygen atoms in total. The topological polar surface area (TPSA) is 95.3 Å². The molecule has 24 heavy (non-hydrogen) atoms. The van der Waals surface area contributed by atoms with Crippen molar-refractivity contribution < 1.29 is 17.9 Å². The number of hydrogen-bond acceptors (Lipinski definition) is 6. The van der Waals surface area contributed by atoms with Crippen LogP contribution in [0.15, 0.2) is 36.5 Å². The number of sulfonamides is 1. The van der Waals surface area contributed by atoms with Gasteiger partial charge in [-0.25, -0.2) is 17.8 Å². The second kappa shape index (κ2) is 5.92. The monoisotopic (exact) mass is 350 g/mol. The smallest absolute Gasteiger partial charge is 0.209 e. The van der Waals surface area contributed by atoms with E-state index in [0.29, 0.717) is 13.2 Å². The third-order valence-electron chi connectivity index (χ3n) is 4.31. The Labute approximate surface area is 139 Å². The molecule has 0 aliphatic carbocycles. The van der Waals surface area contributed by atoms with Crippen LogP contribution >= 0.6 is 0 Å². The lowest BCUT2D eigenvalue weighted by molar-refractivity contribution is 0.0624. The van der Waals surface area contributed by atoms with Crippen LogP contribution in [0, 0.1) is 0 Å². The number of aromatic nitrogens is 3. The van der Waals surface area contributed by atoms with Crippen molar-refractivity contribution in [1.82, 2.24) is 19.7 Å². The first-order chi connectivity index (χ1) is 11.5. The van der Waals surface area contributed by atoms with Crippen LogP contribution in [0.3, 0.4) is 0 Å². The molecular formula is C15H18N4O4S. The van der Waals surface area contributed by atoms with Gasteiger partial charge in [-0.15, -0.1) is 5.10 Å². The van der Waals surface area contributed by atoms with Gasteiger partial charge >= 0.3 is 0 Å². The first-order valence-electron chi connectivity index (χ1n) is 7.69. The Bertz CT molecular complexity index is 823. The number of nitrogens with one attached hydrogen (secondary N) is 1. The molecule has 4 rings (SSSR count). The van der Waals surface area contributed by atoms with Crippen molar-refractivity contribution in [2.75, 3.05) is 19.5 Å². The number of nitrogens with zero attached hydrogens (tertiary/aromatic N) is 3. The van der Waals surface area contributed by atoms with E-state index < -0.39 is 10.0 Å². The van der Waals surface area contributed by atoms with Crippen LogP contribution < -0.4 is 4.72 Å². The van der Waals surface area contributed by atoms with Crippen molar-refractivity contribution in [3.05, 3.63) is 36.5 Å². The maximum Gasteiger partial charge on any atom is 0.209 e. The lowest BCUT2D eigenvalue weighted by Gasteiger charge is -2.16. The van der Waals surface area contributed by atoms with Gasteiger partial charge < -0.3 is 9.47 Å². The maximum atomic E-state index is 11.4. The Morgan fingerprint density at radius 2 is 1.92 bits per heavy atom. The summed E-state index contributed by atoms with van der Waals surface area (Å²) in [6.07, 6.45) is 2.45. The highest BCUT2D eigenvalue weighted by Crippen LogP contribution is 2.34. The summed E-state index contributed by atoms with van der Waals surface area (Å²) in [5.41, 5.74) is 1.77. The van der Waals surface area contributed by atoms with E-state index >= 15 is 0 Å². The van der Waals surface area contributed by atoms with E-state index in [0.717, 1.165) is 17.5 Å². The summed E-state index contributed by atoms with van der Waals surface area (Å²) in [4.78, 5) is 0. The first kappa shape index (κ1) is 15.7. The van der Waals surface area contributed by atoms with E-state index in [2.05, 4.69) is 15.0 Å². The molecule has 2 aliphatic rings. The molecule has 0 amide bonds. The highest BCUT2D eigenvalue weighted by Gasteiger charge is 2.49. The van der Waals surface area contributed by atoms with Crippen molar-refractivity contribution in [1.29, 1.82) is 0 Å². The van der Waals surface area contributed by atoms with Crippen molar-refractivity contribution in [2.45, 2.75) is 24.3 Å². The second-order valence-corrected chi connectivity index (χ2v) is 7.89. The maximum absolute atomic E-state index is 11.4. The minimum Gasteiger partial charge on any atom is -0.371 e. The molecule has 0 radical (unpaired) electrons. The molecule has 0 bridgehead atoms. The molecule has 2 saturated heterocycles. The van der Waals surface area contributed by atoms with Crippen molar-refractivity contribution >= 4 is 10.0 Å². The Morgan fingerprint density at radius 1 is 1.17 bits per heavy atom. The molecule has 2 fully saturated rings. The van der Waals surface area contributed by atoms with Crippen molar-refractivity contribution in [2.24, 2.45) is 0 Å². The molecule has 2 aromatic rings. The zero-order chi connectivity index (χ0) is 16.7. The van der Waals surface area contributed by atoms with Crippen LogP contribution in [0.25, 0.3) is 11.3 Å². The molecule has 128 valence electrons. The van der Waals surface area contributed by atoms with Crippen LogP contribution in [-0.4, -0.2) is 61.1 Å². The highest BCUT2D eigenvalue weighted by atomic mass is 32.2. The minimum absolute atomic E-state index is 0.119. The summed E-state index contributed by atoms with van der Waals surface area (Å²) >= 11 is 0. The van der Waals surface area contributed by atoms with Crippen LogP contribution in [0.4, 0.5) is 0 Å². The van der Waals surface area contributed by atoms with E-state index in [9.17, 15) is 8.42 Å². The van der Waals surface area contributed by atoms with Crippen molar-refractivity contribution in [3.63, 3.8) is 0 Å². The second-order valence-electron chi connectivity index (χ2n) is 6.11. The average Bonchev–Trinajstić information content (AvgIpc) is 3.24. The molecule has 0 unspecified atom stereocenters. The minimum atomic E-state index is -3.31. The number of rotatable bonds is 4. The van der Waals surface area contributed by atoms with Crippen molar-refractivity contribution in [3.8, 4) is 11.3 Å². The fourth-order valence-corrected chi connectivity index (χ4v) is 4.01. The number of hydrogen-bond donors (Lipinski definition) is 1. The quantitative estimate of drug-likeness (QED) is 0.846. The number of ether oxygens (including phenoxy) is 2. The van der Waals surface area contributed by atoms with E-state index in [1.807, 2.05) is 36.5 Å². The molecule has 2 aliphatic heterocycles. The highest BCUT2D eigenvalue weighted by molar-refractivity contribution is 7.88. The largest absolute Gasteiger partial charge is 0.371 e. The summed E-state index contributed by atoms with van der Waals surface area (Å²) in [7, 11) is -3.31. The molecule has 1 N–H and O–H groups in total. The van der Waals surface area contributed by atoms with Gasteiger partial charge in [0.25, 0.3) is 0 Å². The predicted molar refractivity (Wildman–Crippen MR) is 85.7 cm³/mol. The lowest BCUT2D eigenvalue weighted by atomic mass is 10.1. The summed E-state index contributed by atoms with van der Waals surface area (Å²) < 4.78 is 38.7. The number of fused-ring (bicyclic) bond motifs is 1. The summed E-state index contributed by atoms with van der Waals surface area (Å²) in [5.74, 6) is 0. The van der Waals surface area contributed by atoms with Crippen LogP contribution in [0.5, 0.6) is 0 Å². The normalized spacial score (nSPS) is 29.7. The van der Waals surface area contributed by atoms with Gasteiger partial charge in [0.05, 0.1) is 31.7 Å². The van der Waals surface area contributed by atoms with Gasteiger partial charge in [-0.3, -0.25) is 0 Å². The Morgan fingerprint density at radius 3 is 2.67 bits per heavy atom. The third-order valence-corrected chi connectivity index (χ3v) is 5.04. The fourth-order valence-electron chi connectivity index (χ4n) is 3.26. The SMILES string of the molecule is CS(=O)(=O)N[C@@H]1CO[C@@H]2[C@@H]1OC[C@@H]2n1cc(-c2ccccc2)nn1. The molecule has 0 spiro atoms. The van der Waals surface area contributed by atoms with Gasteiger partial charge in [0.1, 0.15) is 23.9 Å². The molecule has 0 saturated carbocycles. The molecule has 9 heteroatoms. The van der Waals surface area contributed by atoms with Gasteiger partial charge in [-0.2, -0.15) is 0 Å². The third kappa shape index (κ3) is 2.95. The van der Waals surface area contributed by atoms with Gasteiger partial charge in [0.15, 0.2) is 0 Å². The number of benzene rings is 1. The Balaban J connectivity index is 1.52. The molecule has 4 atom stereocenters. The molecule has 1 aromatic heterocycles. The summed E-state index contributed by atoms with van der Waals surface area (Å²) in [6, 6.07) is 9.30. The van der Waals surface area contributed by atoms with Gasteiger partial charge in [-0.05, 0) is 0 Å². The fraction of sp³-hybridized carbons (Fsp3) is 0.467. The standard InChI is InChI=1S/C15H18N4O4S/c1-24(20,21)17-12-8-22-15-13(9-23-14(12)15)19-7-11(16-18-19)10-5-3-2-4-6-10/h2-7,12-15,17H,8-9H2,1H3/t12-,13+,14-,15+/m1/s1. The van der Waals surface area contributed by atoms with E-state index in [4.69, 9.17) is 9.47 Å². The molecular weight excluding hydrogens is 332 g/mol. The van der Waals surface area contributed by atoms with Crippen LogP contribution in [0.2, 0.25) is 0 Å². The average molecular weight is 350 g/mol. The van der Waals surface area contributed by atoms with Gasteiger partial charge in [-0.1, -0.05) is 35.5 Å². The van der Waals surface area contributed by atoms with E-state index in [1.165, 1.54) is 0 Å². The van der Waals surface area contributed by atoms with Crippen LogP contribution in [0.1, 0.15) is 6.04 Å². The Kier molecular flexibility index (Phi) is 3.87. The Hall–Kier alpha value is -1.81. The van der Waals surface area contributed by atoms with Gasteiger partial charge in [0, 0.05) is 5.56 Å².